The Morgan fingerprint density at radius 1 is 1.06 bits per heavy atom. The van der Waals surface area contributed by atoms with Crippen molar-refractivity contribution in [1.29, 1.82) is 5.41 Å². The highest BCUT2D eigenvalue weighted by molar-refractivity contribution is 8.26. The number of hydrogen-bond acceptors (Lipinski definition) is 7. The number of nitrogens with zero attached hydrogens (tertiary/aromatic N) is 3. The number of thioether (sulfide) groups is 1. The second-order valence-electron chi connectivity index (χ2n) is 8.12. The Morgan fingerprint density at radius 2 is 1.86 bits per heavy atom. The molecule has 0 radical (unpaired) electrons. The smallest absolute Gasteiger partial charge is 0.283 e. The SMILES string of the molecule is CCCC1=NN2C(=N)/C(=C/c3ccc(OCCOc4ccc(C)c(C)c4)c(OC)c3)C(=O)N=C2S1. The second kappa shape index (κ2) is 10.8. The topological polar surface area (TPSA) is 96.6 Å². The van der Waals surface area contributed by atoms with Crippen LogP contribution in [0.25, 0.3) is 6.08 Å². The van der Waals surface area contributed by atoms with Crippen LogP contribution in [-0.4, -0.2) is 47.3 Å². The molecule has 2 aliphatic heterocycles. The molecule has 2 aromatic rings. The van der Waals surface area contributed by atoms with Gasteiger partial charge < -0.3 is 14.2 Å². The molecule has 0 bridgehead atoms. The Morgan fingerprint density at radius 3 is 2.60 bits per heavy atom. The first-order valence-electron chi connectivity index (χ1n) is 11.4. The highest BCUT2D eigenvalue weighted by Crippen LogP contribution is 2.32. The fraction of sp³-hybridized carbons (Fsp3) is 0.308. The summed E-state index contributed by atoms with van der Waals surface area (Å²) in [6, 6.07) is 11.3. The molecule has 2 aliphatic rings. The van der Waals surface area contributed by atoms with Crippen LogP contribution in [0.15, 0.2) is 52.1 Å². The van der Waals surface area contributed by atoms with Gasteiger partial charge in [-0.3, -0.25) is 10.2 Å². The molecule has 0 saturated heterocycles. The Labute approximate surface area is 209 Å². The third-order valence-corrected chi connectivity index (χ3v) is 6.52. The van der Waals surface area contributed by atoms with Crippen LogP contribution in [0.2, 0.25) is 0 Å². The van der Waals surface area contributed by atoms with Gasteiger partial charge in [-0.25, -0.2) is 0 Å². The van der Waals surface area contributed by atoms with Crippen LogP contribution in [0.3, 0.4) is 0 Å². The van der Waals surface area contributed by atoms with E-state index in [1.54, 1.807) is 31.4 Å². The van der Waals surface area contributed by atoms with Crippen molar-refractivity contribution < 1.29 is 19.0 Å². The Kier molecular flexibility index (Phi) is 7.55. The molecule has 9 heteroatoms. The standard InChI is InChI=1S/C26H28N4O4S/c1-5-6-23-29-30-24(27)20(25(31)28-26(30)35-23)14-18-8-10-21(22(15-18)32-4)34-12-11-33-19-9-7-16(2)17(3)13-19/h7-10,13-15,27H,5-6,11-12H2,1-4H3/b20-14-,27-24?. The first-order chi connectivity index (χ1) is 16.9. The number of carbonyl (C=O) groups is 1. The second-order valence-corrected chi connectivity index (χ2v) is 9.16. The van der Waals surface area contributed by atoms with Crippen LogP contribution in [0.5, 0.6) is 17.2 Å². The van der Waals surface area contributed by atoms with Gasteiger partial charge in [0.1, 0.15) is 24.0 Å². The van der Waals surface area contributed by atoms with E-state index in [0.29, 0.717) is 35.4 Å². The maximum Gasteiger partial charge on any atom is 0.283 e. The molecule has 2 aromatic carbocycles. The van der Waals surface area contributed by atoms with Gasteiger partial charge in [-0.1, -0.05) is 19.1 Å². The first kappa shape index (κ1) is 24.5. The van der Waals surface area contributed by atoms with E-state index >= 15 is 0 Å². The van der Waals surface area contributed by atoms with Gasteiger partial charge in [-0.15, -0.1) is 0 Å². The number of methoxy groups -OCH3 is 1. The van der Waals surface area contributed by atoms with Crippen molar-refractivity contribution in [2.75, 3.05) is 20.3 Å². The lowest BCUT2D eigenvalue weighted by molar-refractivity contribution is -0.114. The van der Waals surface area contributed by atoms with Gasteiger partial charge in [-0.05, 0) is 85.5 Å². The summed E-state index contributed by atoms with van der Waals surface area (Å²) in [5.74, 6) is 1.45. The minimum atomic E-state index is -0.454. The molecule has 4 rings (SSSR count). The predicted molar refractivity (Wildman–Crippen MR) is 140 cm³/mol. The zero-order valence-corrected chi connectivity index (χ0v) is 21.1. The summed E-state index contributed by atoms with van der Waals surface area (Å²) in [6.07, 6.45) is 3.34. The molecular formula is C26H28N4O4S. The molecule has 35 heavy (non-hydrogen) atoms. The molecule has 0 fully saturated rings. The summed E-state index contributed by atoms with van der Waals surface area (Å²) in [6.45, 7) is 6.90. The van der Waals surface area contributed by atoms with Gasteiger partial charge in [0.2, 0.25) is 5.17 Å². The van der Waals surface area contributed by atoms with Crippen LogP contribution in [0.4, 0.5) is 0 Å². The lowest BCUT2D eigenvalue weighted by Crippen LogP contribution is -2.35. The monoisotopic (exact) mass is 492 g/mol. The summed E-state index contributed by atoms with van der Waals surface area (Å²) in [5.41, 5.74) is 3.27. The maximum atomic E-state index is 12.6. The van der Waals surface area contributed by atoms with Crippen LogP contribution in [0, 0.1) is 19.3 Å². The number of amidine groups is 2. The first-order valence-corrected chi connectivity index (χ1v) is 12.2. The van der Waals surface area contributed by atoms with Gasteiger partial charge in [0.15, 0.2) is 17.3 Å². The quantitative estimate of drug-likeness (QED) is 0.382. The molecule has 0 aliphatic carbocycles. The summed E-state index contributed by atoms with van der Waals surface area (Å²) in [5, 5.41) is 15.6. The highest BCUT2D eigenvalue weighted by Gasteiger charge is 2.35. The number of benzene rings is 2. The fourth-order valence-electron chi connectivity index (χ4n) is 3.52. The average Bonchev–Trinajstić information content (AvgIpc) is 3.25. The zero-order valence-electron chi connectivity index (χ0n) is 20.3. The van der Waals surface area contributed by atoms with Gasteiger partial charge >= 0.3 is 0 Å². The minimum absolute atomic E-state index is 0.0152. The van der Waals surface area contributed by atoms with E-state index in [-0.39, 0.29) is 11.4 Å². The number of aryl methyl sites for hydroxylation is 2. The van der Waals surface area contributed by atoms with Crippen LogP contribution in [0.1, 0.15) is 36.5 Å². The van der Waals surface area contributed by atoms with Crippen molar-refractivity contribution in [3.63, 3.8) is 0 Å². The highest BCUT2D eigenvalue weighted by atomic mass is 32.2. The lowest BCUT2D eigenvalue weighted by Gasteiger charge is -2.20. The van der Waals surface area contributed by atoms with Crippen LogP contribution >= 0.6 is 11.8 Å². The average molecular weight is 493 g/mol. The van der Waals surface area contributed by atoms with Gasteiger partial charge in [0, 0.05) is 0 Å². The number of rotatable bonds is 9. The number of hydrazone groups is 1. The lowest BCUT2D eigenvalue weighted by atomic mass is 10.1. The molecule has 1 amide bonds. The Bertz CT molecular complexity index is 1250. The van der Waals surface area contributed by atoms with Crippen molar-refractivity contribution in [3.8, 4) is 17.2 Å². The number of nitrogens with one attached hydrogen (secondary N) is 1. The molecule has 0 unspecified atom stereocenters. The minimum Gasteiger partial charge on any atom is -0.493 e. The maximum absolute atomic E-state index is 12.6. The molecule has 182 valence electrons. The normalized spacial score (nSPS) is 16.2. The van der Waals surface area contributed by atoms with Crippen molar-refractivity contribution in [3.05, 3.63) is 58.7 Å². The van der Waals surface area contributed by atoms with E-state index in [0.717, 1.165) is 23.6 Å². The molecule has 2 heterocycles. The molecule has 0 saturated carbocycles. The van der Waals surface area contributed by atoms with E-state index in [9.17, 15) is 4.79 Å². The Balaban J connectivity index is 1.43. The third-order valence-electron chi connectivity index (χ3n) is 5.55. The summed E-state index contributed by atoms with van der Waals surface area (Å²) >= 11 is 1.34. The molecule has 0 spiro atoms. The fourth-order valence-corrected chi connectivity index (χ4v) is 4.51. The van der Waals surface area contributed by atoms with Crippen molar-refractivity contribution in [2.45, 2.75) is 33.6 Å². The summed E-state index contributed by atoms with van der Waals surface area (Å²) in [4.78, 5) is 16.7. The summed E-state index contributed by atoms with van der Waals surface area (Å²) in [7, 11) is 1.56. The van der Waals surface area contributed by atoms with Crippen LogP contribution < -0.4 is 14.2 Å². The predicted octanol–water partition coefficient (Wildman–Crippen LogP) is 5.19. The molecule has 8 nitrogen and oxygen atoms in total. The van der Waals surface area contributed by atoms with Gasteiger partial charge in [0.25, 0.3) is 5.91 Å². The number of ether oxygens (including phenoxy) is 3. The third kappa shape index (κ3) is 5.57. The largest absolute Gasteiger partial charge is 0.493 e. The van der Waals surface area contributed by atoms with E-state index in [1.807, 2.05) is 18.2 Å². The van der Waals surface area contributed by atoms with E-state index in [4.69, 9.17) is 19.6 Å². The zero-order chi connectivity index (χ0) is 24.9. The Hall–Kier alpha value is -3.59. The molecule has 0 atom stereocenters. The number of amides is 1. The van der Waals surface area contributed by atoms with Crippen molar-refractivity contribution in [2.24, 2.45) is 10.1 Å². The van der Waals surface area contributed by atoms with E-state index < -0.39 is 5.91 Å². The molecule has 0 aromatic heterocycles. The summed E-state index contributed by atoms with van der Waals surface area (Å²) < 4.78 is 17.1. The number of aliphatic imine (C=N–C) groups is 1. The van der Waals surface area contributed by atoms with E-state index in [2.05, 4.69) is 30.9 Å². The van der Waals surface area contributed by atoms with Crippen LogP contribution in [-0.2, 0) is 4.79 Å². The molecule has 1 N–H and O–H groups in total. The number of fused-ring (bicyclic) bond motifs is 1. The van der Waals surface area contributed by atoms with Gasteiger partial charge in [0.05, 0.1) is 12.7 Å². The number of carbonyl (C=O) groups excluding carboxylic acids is 1. The van der Waals surface area contributed by atoms with E-state index in [1.165, 1.54) is 27.9 Å². The van der Waals surface area contributed by atoms with Gasteiger partial charge in [-0.2, -0.15) is 15.1 Å². The number of hydrogen-bond donors (Lipinski definition) is 1. The van der Waals surface area contributed by atoms with Crippen molar-refractivity contribution in [1.82, 2.24) is 5.01 Å². The molecular weight excluding hydrogens is 464 g/mol. The van der Waals surface area contributed by atoms with Crippen molar-refractivity contribution >= 4 is 39.8 Å².